The Morgan fingerprint density at radius 1 is 0.767 bits per heavy atom. The van der Waals surface area contributed by atoms with E-state index >= 15 is 0 Å². The second kappa shape index (κ2) is 15.6. The molecule has 0 heterocycles. The van der Waals surface area contributed by atoms with Crippen LogP contribution in [-0.2, 0) is 0 Å². The number of hydrogen-bond acceptors (Lipinski definition) is 3. The number of allylic oxidation sites excluding steroid dienone is 1. The third-order valence-corrected chi connectivity index (χ3v) is 6.26. The highest BCUT2D eigenvalue weighted by molar-refractivity contribution is 7.99. The van der Waals surface area contributed by atoms with Crippen molar-refractivity contribution in [2.24, 2.45) is 0 Å². The first-order valence-electron chi connectivity index (χ1n) is 11.3. The molecule has 0 unspecified atom stereocenters. The van der Waals surface area contributed by atoms with E-state index < -0.39 is 0 Å². The molecule has 3 heteroatoms. The molecule has 0 N–H and O–H groups in total. The fraction of sp³-hybridized carbons (Fsp3) is 0.444. The molecule has 0 amide bonds. The first-order valence-corrected chi connectivity index (χ1v) is 12.4. The predicted octanol–water partition coefficient (Wildman–Crippen LogP) is 8.03. The molecule has 0 saturated carbocycles. The summed E-state index contributed by atoms with van der Waals surface area (Å²) >= 11 is 2.05. The third-order valence-electron chi connectivity index (χ3n) is 5.10. The van der Waals surface area contributed by atoms with E-state index in [1.54, 1.807) is 0 Å². The Morgan fingerprint density at radius 2 is 1.33 bits per heavy atom. The van der Waals surface area contributed by atoms with Crippen LogP contribution in [0.5, 0.6) is 5.75 Å². The van der Waals surface area contributed by atoms with Crippen molar-refractivity contribution in [3.05, 3.63) is 66.7 Å². The molecule has 0 radical (unpaired) electrons. The van der Waals surface area contributed by atoms with Gasteiger partial charge in [-0.15, -0.1) is 6.58 Å². The number of nitriles is 1. The summed E-state index contributed by atoms with van der Waals surface area (Å²) in [5.41, 5.74) is 2.94. The third kappa shape index (κ3) is 10.0. The van der Waals surface area contributed by atoms with E-state index in [4.69, 9.17) is 10.00 Å². The van der Waals surface area contributed by atoms with Crippen LogP contribution in [0.4, 0.5) is 0 Å². The van der Waals surface area contributed by atoms with Crippen molar-refractivity contribution >= 4 is 11.8 Å². The summed E-state index contributed by atoms with van der Waals surface area (Å²) in [6.07, 6.45) is 13.8. The van der Waals surface area contributed by atoms with E-state index in [9.17, 15) is 0 Å². The Kier molecular flexibility index (Phi) is 12.6. The minimum absolute atomic E-state index is 0.687. The van der Waals surface area contributed by atoms with E-state index in [2.05, 4.69) is 36.5 Å². The molecular formula is C27H35NOS. The van der Waals surface area contributed by atoms with Crippen LogP contribution in [0.1, 0.15) is 63.4 Å². The van der Waals surface area contributed by atoms with Crippen LogP contribution in [0.25, 0.3) is 11.1 Å². The number of nitrogens with zero attached hydrogens (tertiary/aromatic N) is 1. The number of ether oxygens (including phenoxy) is 1. The van der Waals surface area contributed by atoms with Gasteiger partial charge in [0, 0.05) is 0 Å². The Hall–Kier alpha value is -2.18. The fourth-order valence-electron chi connectivity index (χ4n) is 3.31. The molecule has 2 aromatic carbocycles. The summed E-state index contributed by atoms with van der Waals surface area (Å²) in [6.45, 7) is 4.54. The number of unbranched alkanes of at least 4 members (excludes halogenated alkanes) is 7. The maximum atomic E-state index is 8.89. The monoisotopic (exact) mass is 421 g/mol. The van der Waals surface area contributed by atoms with E-state index in [1.807, 2.05) is 42.5 Å². The lowest BCUT2D eigenvalue weighted by Gasteiger charge is -2.08. The van der Waals surface area contributed by atoms with Gasteiger partial charge in [0.15, 0.2) is 0 Å². The van der Waals surface area contributed by atoms with Crippen LogP contribution in [0, 0.1) is 11.3 Å². The van der Waals surface area contributed by atoms with E-state index in [0.717, 1.165) is 29.9 Å². The molecular weight excluding hydrogens is 386 g/mol. The highest BCUT2D eigenvalue weighted by atomic mass is 32.2. The second-order valence-corrected chi connectivity index (χ2v) is 8.80. The summed E-state index contributed by atoms with van der Waals surface area (Å²) < 4.78 is 5.87. The van der Waals surface area contributed by atoms with Gasteiger partial charge in [-0.3, -0.25) is 0 Å². The fourth-order valence-corrected chi connectivity index (χ4v) is 4.24. The van der Waals surface area contributed by atoms with Crippen molar-refractivity contribution in [1.29, 1.82) is 5.26 Å². The Morgan fingerprint density at radius 3 is 1.97 bits per heavy atom. The zero-order valence-corrected chi connectivity index (χ0v) is 19.0. The lowest BCUT2D eigenvalue weighted by atomic mass is 10.0. The zero-order valence-electron chi connectivity index (χ0n) is 18.2. The summed E-state index contributed by atoms with van der Waals surface area (Å²) in [5.74, 6) is 3.37. The van der Waals surface area contributed by atoms with Crippen molar-refractivity contribution in [3.63, 3.8) is 0 Å². The van der Waals surface area contributed by atoms with Gasteiger partial charge >= 0.3 is 0 Å². The molecule has 2 rings (SSSR count). The molecule has 0 atom stereocenters. The van der Waals surface area contributed by atoms with Crippen molar-refractivity contribution in [3.8, 4) is 22.9 Å². The van der Waals surface area contributed by atoms with Gasteiger partial charge in [-0.05, 0) is 72.6 Å². The molecule has 0 aromatic heterocycles. The molecule has 0 fully saturated rings. The Balaban J connectivity index is 1.47. The standard InChI is InChI=1S/C27H35NOS/c1-2-3-4-5-6-7-8-9-10-21-30-22-11-20-29-27-18-16-26(17-19-27)25-14-12-24(23-28)13-15-25/h2,12-19H,1,3-11,20-22H2. The van der Waals surface area contributed by atoms with Gasteiger partial charge in [0.25, 0.3) is 0 Å². The molecule has 0 spiro atoms. The Bertz CT molecular complexity index is 746. The molecule has 0 saturated heterocycles. The SMILES string of the molecule is C=CCCCCCCCCCSCCCOc1ccc(-c2ccc(C#N)cc2)cc1. The summed E-state index contributed by atoms with van der Waals surface area (Å²) in [7, 11) is 0. The van der Waals surface area contributed by atoms with Crippen LogP contribution >= 0.6 is 11.8 Å². The molecule has 2 aromatic rings. The van der Waals surface area contributed by atoms with Gasteiger partial charge in [-0.2, -0.15) is 17.0 Å². The van der Waals surface area contributed by atoms with E-state index in [-0.39, 0.29) is 0 Å². The van der Waals surface area contributed by atoms with Crippen LogP contribution in [0.15, 0.2) is 61.2 Å². The highest BCUT2D eigenvalue weighted by Gasteiger charge is 2.00. The maximum absolute atomic E-state index is 8.89. The largest absolute Gasteiger partial charge is 0.494 e. The van der Waals surface area contributed by atoms with Crippen molar-refractivity contribution < 1.29 is 4.74 Å². The summed E-state index contributed by atoms with van der Waals surface area (Å²) in [4.78, 5) is 0. The number of thioether (sulfide) groups is 1. The van der Waals surface area contributed by atoms with E-state index in [0.29, 0.717) is 5.56 Å². The minimum Gasteiger partial charge on any atom is -0.494 e. The first kappa shape index (κ1) is 24.1. The van der Waals surface area contributed by atoms with Crippen LogP contribution in [0.2, 0.25) is 0 Å². The molecule has 0 aliphatic heterocycles. The topological polar surface area (TPSA) is 33.0 Å². The quantitative estimate of drug-likeness (QED) is 0.203. The van der Waals surface area contributed by atoms with Crippen molar-refractivity contribution in [2.75, 3.05) is 18.1 Å². The van der Waals surface area contributed by atoms with Gasteiger partial charge in [0.2, 0.25) is 0 Å². The number of hydrogen-bond donors (Lipinski definition) is 0. The molecule has 30 heavy (non-hydrogen) atoms. The average Bonchev–Trinajstić information content (AvgIpc) is 2.80. The molecule has 0 aliphatic carbocycles. The normalized spacial score (nSPS) is 10.5. The van der Waals surface area contributed by atoms with Gasteiger partial charge < -0.3 is 4.74 Å². The maximum Gasteiger partial charge on any atom is 0.119 e. The lowest BCUT2D eigenvalue weighted by molar-refractivity contribution is 0.319. The highest BCUT2D eigenvalue weighted by Crippen LogP contribution is 2.23. The van der Waals surface area contributed by atoms with E-state index in [1.165, 1.54) is 62.9 Å². The van der Waals surface area contributed by atoms with Crippen molar-refractivity contribution in [1.82, 2.24) is 0 Å². The van der Waals surface area contributed by atoms with Crippen molar-refractivity contribution in [2.45, 2.75) is 57.8 Å². The molecule has 2 nitrogen and oxygen atoms in total. The molecule has 0 bridgehead atoms. The predicted molar refractivity (Wildman–Crippen MR) is 131 cm³/mol. The summed E-state index contributed by atoms with van der Waals surface area (Å²) in [5, 5.41) is 8.89. The smallest absolute Gasteiger partial charge is 0.119 e. The minimum atomic E-state index is 0.687. The van der Waals surface area contributed by atoms with Crippen LogP contribution in [-0.4, -0.2) is 18.1 Å². The van der Waals surface area contributed by atoms with Gasteiger partial charge in [-0.1, -0.05) is 62.4 Å². The van der Waals surface area contributed by atoms with Gasteiger partial charge in [-0.25, -0.2) is 0 Å². The molecule has 0 aliphatic rings. The van der Waals surface area contributed by atoms with Gasteiger partial charge in [0.1, 0.15) is 5.75 Å². The lowest BCUT2D eigenvalue weighted by Crippen LogP contribution is -1.99. The zero-order chi connectivity index (χ0) is 21.3. The Labute approximate surface area is 187 Å². The van der Waals surface area contributed by atoms with Crippen LogP contribution < -0.4 is 4.74 Å². The number of rotatable bonds is 16. The second-order valence-electron chi connectivity index (χ2n) is 7.58. The summed E-state index contributed by atoms with van der Waals surface area (Å²) in [6, 6.07) is 18.0. The first-order chi connectivity index (χ1) is 14.8. The van der Waals surface area contributed by atoms with Crippen LogP contribution in [0.3, 0.4) is 0 Å². The number of benzene rings is 2. The average molecular weight is 422 g/mol. The van der Waals surface area contributed by atoms with Gasteiger partial charge in [0.05, 0.1) is 18.2 Å². The molecule has 160 valence electrons.